The number of rotatable bonds is 4. The van der Waals surface area contributed by atoms with Crippen molar-refractivity contribution in [3.63, 3.8) is 0 Å². The molecule has 2 aromatic heterocycles. The van der Waals surface area contributed by atoms with Gasteiger partial charge in [0, 0.05) is 38.0 Å². The maximum Gasteiger partial charge on any atom is 0.252 e. The molecular formula is C21H21BrF2N4O. The molecular weight excluding hydrogens is 442 g/mol. The Kier molecular flexibility index (Phi) is 4.40. The van der Waals surface area contributed by atoms with Crippen molar-refractivity contribution in [3.8, 4) is 0 Å². The first-order valence-electron chi connectivity index (χ1n) is 9.80. The van der Waals surface area contributed by atoms with E-state index in [-0.39, 0.29) is 12.8 Å². The molecule has 29 heavy (non-hydrogen) atoms. The van der Waals surface area contributed by atoms with E-state index in [0.717, 1.165) is 15.7 Å². The number of aliphatic hydroxyl groups is 1. The van der Waals surface area contributed by atoms with E-state index < -0.39 is 17.4 Å². The van der Waals surface area contributed by atoms with Crippen LogP contribution >= 0.6 is 15.9 Å². The molecule has 152 valence electrons. The fourth-order valence-corrected chi connectivity index (χ4v) is 4.87. The number of fused-ring (bicyclic) bond motifs is 1. The summed E-state index contributed by atoms with van der Waals surface area (Å²) in [7, 11) is 0. The normalized spacial score (nSPS) is 22.8. The van der Waals surface area contributed by atoms with E-state index in [4.69, 9.17) is 0 Å². The second-order valence-corrected chi connectivity index (χ2v) is 8.87. The van der Waals surface area contributed by atoms with Crippen molar-refractivity contribution >= 4 is 27.3 Å². The first-order valence-corrected chi connectivity index (χ1v) is 10.6. The van der Waals surface area contributed by atoms with Crippen molar-refractivity contribution in [3.05, 3.63) is 58.5 Å². The van der Waals surface area contributed by atoms with Crippen LogP contribution in [-0.4, -0.2) is 38.7 Å². The highest BCUT2D eigenvalue weighted by Gasteiger charge is 2.56. The molecule has 1 atom stereocenters. The molecule has 8 heteroatoms. The average Bonchev–Trinajstić information content (AvgIpc) is 3.12. The Bertz CT molecular complexity index is 1050. The van der Waals surface area contributed by atoms with Gasteiger partial charge in [-0.25, -0.2) is 8.78 Å². The summed E-state index contributed by atoms with van der Waals surface area (Å²) >= 11 is 3.63. The third-order valence-corrected chi connectivity index (χ3v) is 6.96. The third kappa shape index (κ3) is 3.32. The van der Waals surface area contributed by atoms with E-state index in [2.05, 4.69) is 31.0 Å². The fraction of sp³-hybridized carbons (Fsp3) is 0.429. The van der Waals surface area contributed by atoms with Gasteiger partial charge in [-0.3, -0.25) is 4.40 Å². The maximum atomic E-state index is 13.3. The topological polar surface area (TPSA) is 53.7 Å². The summed E-state index contributed by atoms with van der Waals surface area (Å²) in [6.45, 7) is 1.41. The van der Waals surface area contributed by atoms with Gasteiger partial charge >= 0.3 is 0 Å². The van der Waals surface area contributed by atoms with E-state index in [1.54, 1.807) is 4.40 Å². The number of alkyl halides is 2. The smallest absolute Gasteiger partial charge is 0.252 e. The predicted octanol–water partition coefficient (Wildman–Crippen LogP) is 4.18. The molecule has 1 aromatic carbocycles. The summed E-state index contributed by atoms with van der Waals surface area (Å²) in [6, 6.07) is 11.8. The molecule has 1 aliphatic carbocycles. The minimum atomic E-state index is -2.56. The minimum Gasteiger partial charge on any atom is -0.385 e. The summed E-state index contributed by atoms with van der Waals surface area (Å²) in [5, 5.41) is 19.4. The Morgan fingerprint density at radius 2 is 1.79 bits per heavy atom. The number of halogens is 3. The highest BCUT2D eigenvalue weighted by Crippen LogP contribution is 2.50. The molecule has 5 nitrogen and oxygen atoms in total. The van der Waals surface area contributed by atoms with Crippen LogP contribution in [0.5, 0.6) is 0 Å². The van der Waals surface area contributed by atoms with Gasteiger partial charge in [0.05, 0.1) is 15.8 Å². The fourth-order valence-electron chi connectivity index (χ4n) is 4.21. The number of benzene rings is 1. The molecule has 2 fully saturated rings. The van der Waals surface area contributed by atoms with E-state index in [1.165, 1.54) is 0 Å². The third-order valence-electron chi connectivity index (χ3n) is 6.20. The molecule has 1 unspecified atom stereocenters. The van der Waals surface area contributed by atoms with Crippen LogP contribution in [0, 0.1) is 5.92 Å². The molecule has 1 N–H and O–H groups in total. The Morgan fingerprint density at radius 1 is 1.10 bits per heavy atom. The standard InChI is InChI=1S/C21H21BrF2N4O/c22-18-16(27-10-7-20(29,8-11-27)14-4-2-1-3-5-14)6-9-28-17(25-26-19(18)28)12-15-13-21(15,23)24/h1-6,9,15,29H,7-8,10-13H2. The Hall–Kier alpha value is -2.06. The van der Waals surface area contributed by atoms with Gasteiger partial charge in [-0.15, -0.1) is 10.2 Å². The quantitative estimate of drug-likeness (QED) is 0.631. The van der Waals surface area contributed by atoms with Crippen molar-refractivity contribution in [1.29, 1.82) is 0 Å². The lowest BCUT2D eigenvalue weighted by atomic mass is 9.84. The number of anilines is 1. The molecule has 2 aliphatic rings. The van der Waals surface area contributed by atoms with Gasteiger partial charge in [-0.1, -0.05) is 30.3 Å². The second-order valence-electron chi connectivity index (χ2n) is 8.08. The molecule has 3 heterocycles. The summed E-state index contributed by atoms with van der Waals surface area (Å²) in [6.07, 6.45) is 3.27. The lowest BCUT2D eigenvalue weighted by Crippen LogP contribution is -2.42. The molecule has 0 amide bonds. The van der Waals surface area contributed by atoms with Crippen LogP contribution in [0.3, 0.4) is 0 Å². The van der Waals surface area contributed by atoms with Crippen LogP contribution < -0.4 is 4.90 Å². The first-order chi connectivity index (χ1) is 13.9. The van der Waals surface area contributed by atoms with Gasteiger partial charge in [0.1, 0.15) is 5.82 Å². The van der Waals surface area contributed by atoms with Gasteiger partial charge in [0.15, 0.2) is 5.65 Å². The van der Waals surface area contributed by atoms with Gasteiger partial charge in [0.25, 0.3) is 5.92 Å². The monoisotopic (exact) mass is 462 g/mol. The zero-order valence-electron chi connectivity index (χ0n) is 15.7. The summed E-state index contributed by atoms with van der Waals surface area (Å²) in [4.78, 5) is 2.21. The molecule has 1 aliphatic heterocycles. The van der Waals surface area contributed by atoms with Crippen LogP contribution in [-0.2, 0) is 12.0 Å². The first kappa shape index (κ1) is 18.9. The van der Waals surface area contributed by atoms with Crippen molar-refractivity contribution in [2.45, 2.75) is 37.2 Å². The van der Waals surface area contributed by atoms with Crippen LogP contribution in [0.2, 0.25) is 0 Å². The number of nitrogens with zero attached hydrogens (tertiary/aromatic N) is 4. The molecule has 0 spiro atoms. The van der Waals surface area contributed by atoms with Crippen LogP contribution in [0.25, 0.3) is 5.65 Å². The molecule has 0 bridgehead atoms. The summed E-state index contributed by atoms with van der Waals surface area (Å²) in [5.41, 5.74) is 1.74. The Morgan fingerprint density at radius 3 is 2.45 bits per heavy atom. The van der Waals surface area contributed by atoms with Crippen LogP contribution in [0.15, 0.2) is 47.1 Å². The number of hydrogen-bond donors (Lipinski definition) is 1. The lowest BCUT2D eigenvalue weighted by molar-refractivity contribution is 0.0117. The van der Waals surface area contributed by atoms with Crippen LogP contribution in [0.4, 0.5) is 14.5 Å². The van der Waals surface area contributed by atoms with Gasteiger partial charge < -0.3 is 10.0 Å². The number of pyridine rings is 1. The van der Waals surface area contributed by atoms with Crippen molar-refractivity contribution < 1.29 is 13.9 Å². The molecule has 5 rings (SSSR count). The van der Waals surface area contributed by atoms with E-state index in [9.17, 15) is 13.9 Å². The van der Waals surface area contributed by atoms with E-state index in [1.807, 2.05) is 42.6 Å². The van der Waals surface area contributed by atoms with E-state index in [0.29, 0.717) is 37.4 Å². The number of piperidine rings is 1. The van der Waals surface area contributed by atoms with Crippen molar-refractivity contribution in [2.24, 2.45) is 5.92 Å². The second kappa shape index (κ2) is 6.74. The van der Waals surface area contributed by atoms with Crippen LogP contribution in [0.1, 0.15) is 30.7 Å². The zero-order chi connectivity index (χ0) is 20.2. The van der Waals surface area contributed by atoms with Gasteiger partial charge in [0.2, 0.25) is 0 Å². The zero-order valence-corrected chi connectivity index (χ0v) is 17.3. The van der Waals surface area contributed by atoms with Gasteiger partial charge in [-0.05, 0) is 40.4 Å². The molecule has 0 radical (unpaired) electrons. The number of aromatic nitrogens is 3. The Labute approximate surface area is 175 Å². The van der Waals surface area contributed by atoms with Gasteiger partial charge in [-0.2, -0.15) is 0 Å². The van der Waals surface area contributed by atoms with Crippen molar-refractivity contribution in [1.82, 2.24) is 14.6 Å². The average molecular weight is 463 g/mol. The SMILES string of the molecule is OC1(c2ccccc2)CCN(c2ccn3c(CC4CC4(F)F)nnc3c2Br)CC1. The highest BCUT2D eigenvalue weighted by atomic mass is 79.9. The van der Waals surface area contributed by atoms with E-state index >= 15 is 0 Å². The minimum absolute atomic E-state index is 0.0702. The summed E-state index contributed by atoms with van der Waals surface area (Å²) < 4.78 is 29.1. The number of hydrogen-bond acceptors (Lipinski definition) is 4. The Balaban J connectivity index is 1.36. The lowest BCUT2D eigenvalue weighted by Gasteiger charge is -2.40. The molecule has 1 saturated heterocycles. The highest BCUT2D eigenvalue weighted by molar-refractivity contribution is 9.10. The summed E-state index contributed by atoms with van der Waals surface area (Å²) in [5.74, 6) is -2.63. The van der Waals surface area contributed by atoms with Crippen molar-refractivity contribution in [2.75, 3.05) is 18.0 Å². The molecule has 1 saturated carbocycles. The molecule has 3 aromatic rings. The predicted molar refractivity (Wildman–Crippen MR) is 109 cm³/mol. The maximum absolute atomic E-state index is 13.3. The largest absolute Gasteiger partial charge is 0.385 e.